The molecule has 20 heavy (non-hydrogen) atoms. The molecule has 5 nitrogen and oxygen atoms in total. The summed E-state index contributed by atoms with van der Waals surface area (Å²) in [6.07, 6.45) is 7.08. The molecular weight excluding hydrogens is 252 g/mol. The highest BCUT2D eigenvalue weighted by molar-refractivity contribution is 4.97. The maximum absolute atomic E-state index is 5.47. The minimum Gasteiger partial charge on any atom is -0.338 e. The summed E-state index contributed by atoms with van der Waals surface area (Å²) in [5.74, 6) is 1.67. The Balaban J connectivity index is 1.62. The van der Waals surface area contributed by atoms with Crippen LogP contribution in [0.15, 0.2) is 4.52 Å². The van der Waals surface area contributed by atoms with Gasteiger partial charge in [-0.3, -0.25) is 4.90 Å². The lowest BCUT2D eigenvalue weighted by atomic mass is 10.1. The molecule has 2 aliphatic rings. The van der Waals surface area contributed by atoms with E-state index >= 15 is 0 Å². The van der Waals surface area contributed by atoms with E-state index in [2.05, 4.69) is 34.2 Å². The smallest absolute Gasteiger partial charge is 0.243 e. The molecule has 0 spiro atoms. The number of likely N-dealkylation sites (tertiary alicyclic amines) is 1. The van der Waals surface area contributed by atoms with Crippen LogP contribution < -0.4 is 5.32 Å². The van der Waals surface area contributed by atoms with Gasteiger partial charge in [0.1, 0.15) is 0 Å². The average molecular weight is 278 g/mol. The zero-order valence-electron chi connectivity index (χ0n) is 12.6. The summed E-state index contributed by atoms with van der Waals surface area (Å²) in [5.41, 5.74) is 0. The van der Waals surface area contributed by atoms with E-state index in [1.165, 1.54) is 32.2 Å². The lowest BCUT2D eigenvalue weighted by molar-refractivity contribution is 0.200. The molecule has 0 radical (unpaired) electrons. The van der Waals surface area contributed by atoms with Crippen molar-refractivity contribution >= 4 is 0 Å². The van der Waals surface area contributed by atoms with Crippen molar-refractivity contribution in [3.05, 3.63) is 11.7 Å². The molecule has 2 fully saturated rings. The predicted molar refractivity (Wildman–Crippen MR) is 77.5 cm³/mol. The van der Waals surface area contributed by atoms with E-state index < -0.39 is 0 Å². The third-order valence-electron chi connectivity index (χ3n) is 4.60. The second kappa shape index (κ2) is 6.22. The van der Waals surface area contributed by atoms with Gasteiger partial charge in [-0.2, -0.15) is 4.98 Å². The van der Waals surface area contributed by atoms with Gasteiger partial charge in [-0.05, 0) is 52.6 Å². The fraction of sp³-hybridized carbons (Fsp3) is 0.867. The quantitative estimate of drug-likeness (QED) is 0.916. The van der Waals surface area contributed by atoms with Crippen LogP contribution in [-0.2, 0) is 6.42 Å². The third kappa shape index (κ3) is 3.04. The van der Waals surface area contributed by atoms with E-state index in [9.17, 15) is 0 Å². The van der Waals surface area contributed by atoms with Gasteiger partial charge in [0.25, 0.3) is 0 Å². The van der Waals surface area contributed by atoms with Crippen molar-refractivity contribution in [2.45, 2.75) is 70.5 Å². The molecular formula is C15H26N4O. The topological polar surface area (TPSA) is 54.2 Å². The Bertz CT molecular complexity index is 425. The van der Waals surface area contributed by atoms with Crippen molar-refractivity contribution in [3.8, 4) is 0 Å². The Morgan fingerprint density at radius 2 is 2.20 bits per heavy atom. The lowest BCUT2D eigenvalue weighted by Gasteiger charge is -2.27. The van der Waals surface area contributed by atoms with Crippen LogP contribution in [0.1, 0.15) is 63.7 Å². The van der Waals surface area contributed by atoms with E-state index in [1.54, 1.807) is 0 Å². The molecule has 1 aromatic heterocycles. The molecule has 2 aliphatic heterocycles. The highest BCUT2D eigenvalue weighted by Gasteiger charge is 2.29. The minimum absolute atomic E-state index is 0.273. The summed E-state index contributed by atoms with van der Waals surface area (Å²) < 4.78 is 5.47. The number of hydrogen-bond acceptors (Lipinski definition) is 5. The summed E-state index contributed by atoms with van der Waals surface area (Å²) in [4.78, 5) is 7.19. The fourth-order valence-electron chi connectivity index (χ4n) is 3.52. The van der Waals surface area contributed by atoms with E-state index in [4.69, 9.17) is 4.52 Å². The van der Waals surface area contributed by atoms with Gasteiger partial charge in [0.2, 0.25) is 5.89 Å². The average Bonchev–Trinajstić information content (AvgIpc) is 3.09. The van der Waals surface area contributed by atoms with Crippen molar-refractivity contribution in [1.29, 1.82) is 0 Å². The van der Waals surface area contributed by atoms with Crippen molar-refractivity contribution in [3.63, 3.8) is 0 Å². The number of piperidine rings is 1. The molecule has 3 heterocycles. The Labute approximate surface area is 121 Å². The lowest BCUT2D eigenvalue weighted by Crippen LogP contribution is -2.36. The maximum Gasteiger partial charge on any atom is 0.243 e. The molecule has 5 heteroatoms. The van der Waals surface area contributed by atoms with Crippen molar-refractivity contribution < 1.29 is 4.52 Å². The molecule has 0 bridgehead atoms. The Kier molecular flexibility index (Phi) is 4.36. The highest BCUT2D eigenvalue weighted by atomic mass is 16.5. The van der Waals surface area contributed by atoms with Gasteiger partial charge >= 0.3 is 0 Å². The van der Waals surface area contributed by atoms with Crippen molar-refractivity contribution in [2.75, 3.05) is 13.1 Å². The second-order valence-electron chi connectivity index (χ2n) is 6.38. The first-order valence-corrected chi connectivity index (χ1v) is 8.05. The summed E-state index contributed by atoms with van der Waals surface area (Å²) >= 11 is 0. The molecule has 1 aromatic rings. The molecule has 0 amide bonds. The standard InChI is InChI=1S/C15H26N4O/c1-11(2)19-9-5-6-12(19)10-14-17-15(20-18-14)13-7-3-4-8-16-13/h11-13,16H,3-10H2,1-2H3. The van der Waals surface area contributed by atoms with Crippen LogP contribution in [0.3, 0.4) is 0 Å². The predicted octanol–water partition coefficient (Wildman–Crippen LogP) is 2.30. The van der Waals surface area contributed by atoms with Gasteiger partial charge in [-0.1, -0.05) is 11.6 Å². The van der Waals surface area contributed by atoms with Gasteiger partial charge < -0.3 is 9.84 Å². The van der Waals surface area contributed by atoms with Gasteiger partial charge in [0.15, 0.2) is 5.82 Å². The van der Waals surface area contributed by atoms with Gasteiger partial charge in [-0.25, -0.2) is 0 Å². The molecule has 0 aliphatic carbocycles. The van der Waals surface area contributed by atoms with E-state index in [0.717, 1.165) is 31.1 Å². The fourth-order valence-corrected chi connectivity index (χ4v) is 3.52. The van der Waals surface area contributed by atoms with Gasteiger partial charge in [0, 0.05) is 18.5 Å². The van der Waals surface area contributed by atoms with Crippen LogP contribution in [0.25, 0.3) is 0 Å². The van der Waals surface area contributed by atoms with Gasteiger partial charge in [0.05, 0.1) is 6.04 Å². The number of nitrogens with one attached hydrogen (secondary N) is 1. The monoisotopic (exact) mass is 278 g/mol. The Hall–Kier alpha value is -0.940. The summed E-state index contributed by atoms with van der Waals surface area (Å²) in [6.45, 7) is 6.81. The van der Waals surface area contributed by atoms with Crippen LogP contribution in [-0.4, -0.2) is 40.2 Å². The molecule has 2 atom stereocenters. The number of rotatable bonds is 4. The number of hydrogen-bond donors (Lipinski definition) is 1. The first-order valence-electron chi connectivity index (χ1n) is 8.05. The van der Waals surface area contributed by atoms with Gasteiger partial charge in [-0.15, -0.1) is 0 Å². The van der Waals surface area contributed by atoms with Crippen LogP contribution in [0, 0.1) is 0 Å². The first-order chi connectivity index (χ1) is 9.74. The molecule has 0 aromatic carbocycles. The molecule has 0 saturated carbocycles. The van der Waals surface area contributed by atoms with E-state index in [-0.39, 0.29) is 6.04 Å². The summed E-state index contributed by atoms with van der Waals surface area (Å²) in [5, 5.41) is 7.66. The van der Waals surface area contributed by atoms with Crippen molar-refractivity contribution in [2.24, 2.45) is 0 Å². The maximum atomic E-state index is 5.47. The second-order valence-corrected chi connectivity index (χ2v) is 6.38. The van der Waals surface area contributed by atoms with Crippen molar-refractivity contribution in [1.82, 2.24) is 20.4 Å². The Morgan fingerprint density at radius 1 is 1.30 bits per heavy atom. The van der Waals surface area contributed by atoms with Crippen LogP contribution in [0.2, 0.25) is 0 Å². The molecule has 112 valence electrons. The normalized spacial score (nSPS) is 28.4. The SMILES string of the molecule is CC(C)N1CCCC1Cc1noc(C2CCCCN2)n1. The summed E-state index contributed by atoms with van der Waals surface area (Å²) in [7, 11) is 0. The first kappa shape index (κ1) is 14.0. The zero-order chi connectivity index (χ0) is 13.9. The molecule has 1 N–H and O–H groups in total. The molecule has 2 unspecified atom stereocenters. The van der Waals surface area contributed by atoms with E-state index in [1.807, 2.05) is 0 Å². The molecule has 2 saturated heterocycles. The van der Waals surface area contributed by atoms with Crippen LogP contribution >= 0.6 is 0 Å². The zero-order valence-corrected chi connectivity index (χ0v) is 12.6. The number of aromatic nitrogens is 2. The Morgan fingerprint density at radius 3 is 2.95 bits per heavy atom. The molecule has 3 rings (SSSR count). The largest absolute Gasteiger partial charge is 0.338 e. The van der Waals surface area contributed by atoms with Crippen LogP contribution in [0.4, 0.5) is 0 Å². The minimum atomic E-state index is 0.273. The number of nitrogens with zero attached hydrogens (tertiary/aromatic N) is 3. The highest BCUT2D eigenvalue weighted by Crippen LogP contribution is 2.24. The third-order valence-corrected chi connectivity index (χ3v) is 4.60. The van der Waals surface area contributed by atoms with Crippen LogP contribution in [0.5, 0.6) is 0 Å². The van der Waals surface area contributed by atoms with E-state index in [0.29, 0.717) is 12.1 Å². The summed E-state index contributed by atoms with van der Waals surface area (Å²) in [6, 6.07) is 1.46.